The highest BCUT2D eigenvalue weighted by Gasteiger charge is 2.23. The van der Waals surface area contributed by atoms with Gasteiger partial charge in [0.2, 0.25) is 5.91 Å². The SMILES string of the molecule is C/C(CCO)=C1/CCCN(C(=O)OC(C)(C)C)CC1.CNC(C)=O.O=Cc1ccccc1. The second-order valence-electron chi connectivity index (χ2n) is 8.51. The number of aliphatic hydroxyl groups excluding tert-OH is 1. The van der Waals surface area contributed by atoms with Gasteiger partial charge in [0.05, 0.1) is 0 Å². The maximum atomic E-state index is 12.0. The lowest BCUT2D eigenvalue weighted by Crippen LogP contribution is -2.37. The number of likely N-dealkylation sites (tertiary alicyclic amines) is 1. The molecule has 1 aliphatic heterocycles. The van der Waals surface area contributed by atoms with E-state index >= 15 is 0 Å². The molecule has 0 radical (unpaired) electrons. The summed E-state index contributed by atoms with van der Waals surface area (Å²) >= 11 is 0. The van der Waals surface area contributed by atoms with Crippen molar-refractivity contribution in [2.45, 2.75) is 65.9 Å². The summed E-state index contributed by atoms with van der Waals surface area (Å²) in [5, 5.41) is 11.4. The standard InChI is InChI=1S/C15H27NO3.C7H6O.C3H7NO/c1-12(8-11-17)13-6-5-9-16(10-7-13)14(18)19-15(2,3)4;8-6-7-4-2-1-3-5-7;1-3(5)4-2/h17H,5-11H2,1-4H3;1-6H;1-2H3,(H,4,5)/b13-12+;;. The van der Waals surface area contributed by atoms with Crippen LogP contribution in [-0.4, -0.2) is 60.6 Å². The number of hydrogen-bond acceptors (Lipinski definition) is 5. The van der Waals surface area contributed by atoms with Crippen molar-refractivity contribution in [3.05, 3.63) is 47.0 Å². The maximum absolute atomic E-state index is 12.0. The van der Waals surface area contributed by atoms with Crippen LogP contribution in [0.5, 0.6) is 0 Å². The molecule has 2 amide bonds. The van der Waals surface area contributed by atoms with E-state index < -0.39 is 5.60 Å². The summed E-state index contributed by atoms with van der Waals surface area (Å²) in [6, 6.07) is 9.10. The first kappa shape index (κ1) is 29.3. The smallest absolute Gasteiger partial charge is 0.410 e. The number of benzene rings is 1. The van der Waals surface area contributed by atoms with Crippen LogP contribution in [0.25, 0.3) is 0 Å². The summed E-state index contributed by atoms with van der Waals surface area (Å²) in [6.07, 6.45) is 4.24. The van der Waals surface area contributed by atoms with Crippen LogP contribution in [0.4, 0.5) is 4.79 Å². The number of ether oxygens (including phenoxy) is 1. The summed E-state index contributed by atoms with van der Waals surface area (Å²) in [4.78, 5) is 33.5. The summed E-state index contributed by atoms with van der Waals surface area (Å²) in [5.74, 6) is 0.00463. The number of nitrogens with zero attached hydrogens (tertiary/aromatic N) is 1. The van der Waals surface area contributed by atoms with Crippen molar-refractivity contribution in [2.24, 2.45) is 0 Å². The topological polar surface area (TPSA) is 95.9 Å². The average Bonchev–Trinajstić information content (AvgIpc) is 3.01. The van der Waals surface area contributed by atoms with Gasteiger partial charge in [-0.25, -0.2) is 4.79 Å². The second kappa shape index (κ2) is 16.0. The normalized spacial score (nSPS) is 15.0. The van der Waals surface area contributed by atoms with E-state index in [1.165, 1.54) is 18.1 Å². The molecule has 0 spiro atoms. The number of carbonyl (C=O) groups excluding carboxylic acids is 3. The number of aldehydes is 1. The minimum absolute atomic E-state index is 0.00463. The molecule has 2 rings (SSSR count). The van der Waals surface area contributed by atoms with E-state index in [0.29, 0.717) is 6.54 Å². The number of hydrogen-bond donors (Lipinski definition) is 2. The molecule has 1 saturated heterocycles. The molecule has 1 fully saturated rings. The predicted octanol–water partition coefficient (Wildman–Crippen LogP) is 4.36. The molecule has 0 aromatic heterocycles. The minimum Gasteiger partial charge on any atom is -0.444 e. The molecule has 2 N–H and O–H groups in total. The lowest BCUT2D eigenvalue weighted by molar-refractivity contribution is -0.118. The molecule has 1 aliphatic rings. The highest BCUT2D eigenvalue weighted by atomic mass is 16.6. The second-order valence-corrected chi connectivity index (χ2v) is 8.51. The van der Waals surface area contributed by atoms with Crippen LogP contribution >= 0.6 is 0 Å². The quantitative estimate of drug-likeness (QED) is 0.529. The largest absolute Gasteiger partial charge is 0.444 e. The predicted molar refractivity (Wildman–Crippen MR) is 128 cm³/mol. The molecule has 7 heteroatoms. The zero-order chi connectivity index (χ0) is 24.6. The Bertz CT molecular complexity index is 724. The van der Waals surface area contributed by atoms with Gasteiger partial charge in [-0.05, 0) is 53.4 Å². The van der Waals surface area contributed by atoms with Gasteiger partial charge in [0.15, 0.2) is 0 Å². The summed E-state index contributed by atoms with van der Waals surface area (Å²) in [5.41, 5.74) is 2.95. The Morgan fingerprint density at radius 3 is 2.16 bits per heavy atom. The van der Waals surface area contributed by atoms with E-state index in [1.807, 2.05) is 39.0 Å². The van der Waals surface area contributed by atoms with Crippen LogP contribution in [0, 0.1) is 0 Å². The van der Waals surface area contributed by atoms with E-state index in [2.05, 4.69) is 12.2 Å². The summed E-state index contributed by atoms with van der Waals surface area (Å²) in [6.45, 7) is 10.9. The molecular weight excluding hydrogens is 408 g/mol. The van der Waals surface area contributed by atoms with Gasteiger partial charge in [0, 0.05) is 39.2 Å². The fourth-order valence-corrected chi connectivity index (χ4v) is 2.80. The summed E-state index contributed by atoms with van der Waals surface area (Å²) in [7, 11) is 1.60. The number of rotatable bonds is 3. The van der Waals surface area contributed by atoms with E-state index in [0.717, 1.165) is 44.1 Å². The van der Waals surface area contributed by atoms with E-state index in [1.54, 1.807) is 24.1 Å². The Labute approximate surface area is 192 Å². The molecule has 0 atom stereocenters. The molecule has 7 nitrogen and oxygen atoms in total. The lowest BCUT2D eigenvalue weighted by Gasteiger charge is -2.26. The number of carbonyl (C=O) groups is 3. The lowest BCUT2D eigenvalue weighted by atomic mass is 10.0. The molecule has 1 heterocycles. The van der Waals surface area contributed by atoms with Crippen molar-refractivity contribution in [3.8, 4) is 0 Å². The van der Waals surface area contributed by atoms with Crippen molar-refractivity contribution in [1.82, 2.24) is 10.2 Å². The summed E-state index contributed by atoms with van der Waals surface area (Å²) < 4.78 is 5.41. The molecule has 1 aromatic carbocycles. The third-order valence-corrected chi connectivity index (χ3v) is 4.62. The van der Waals surface area contributed by atoms with Crippen LogP contribution in [0.2, 0.25) is 0 Å². The van der Waals surface area contributed by atoms with E-state index in [-0.39, 0.29) is 18.6 Å². The first-order valence-electron chi connectivity index (χ1n) is 11.0. The molecular formula is C25H40N2O5. The Morgan fingerprint density at radius 1 is 1.12 bits per heavy atom. The highest BCUT2D eigenvalue weighted by Crippen LogP contribution is 2.22. The van der Waals surface area contributed by atoms with Gasteiger partial charge in [0.1, 0.15) is 11.9 Å². The number of nitrogens with one attached hydrogen (secondary N) is 1. The van der Waals surface area contributed by atoms with E-state index in [4.69, 9.17) is 9.84 Å². The van der Waals surface area contributed by atoms with Gasteiger partial charge in [-0.3, -0.25) is 9.59 Å². The molecule has 180 valence electrons. The van der Waals surface area contributed by atoms with Crippen molar-refractivity contribution in [3.63, 3.8) is 0 Å². The minimum atomic E-state index is -0.436. The molecule has 0 bridgehead atoms. The van der Waals surface area contributed by atoms with Gasteiger partial charge in [0.25, 0.3) is 0 Å². The van der Waals surface area contributed by atoms with Gasteiger partial charge in [-0.2, -0.15) is 0 Å². The fourth-order valence-electron chi connectivity index (χ4n) is 2.80. The molecule has 0 unspecified atom stereocenters. The molecule has 32 heavy (non-hydrogen) atoms. The van der Waals surface area contributed by atoms with Crippen LogP contribution in [0.15, 0.2) is 41.5 Å². The zero-order valence-electron chi connectivity index (χ0n) is 20.4. The van der Waals surface area contributed by atoms with Gasteiger partial charge in [-0.1, -0.05) is 41.5 Å². The highest BCUT2D eigenvalue weighted by molar-refractivity contribution is 5.74. The number of aliphatic hydroxyl groups is 1. The van der Waals surface area contributed by atoms with E-state index in [9.17, 15) is 14.4 Å². The maximum Gasteiger partial charge on any atom is 0.410 e. The monoisotopic (exact) mass is 448 g/mol. The zero-order valence-corrected chi connectivity index (χ0v) is 20.4. The van der Waals surface area contributed by atoms with Gasteiger partial charge >= 0.3 is 6.09 Å². The molecule has 0 aliphatic carbocycles. The van der Waals surface area contributed by atoms with Crippen LogP contribution < -0.4 is 5.32 Å². The molecule has 0 saturated carbocycles. The number of amides is 2. The van der Waals surface area contributed by atoms with Crippen molar-refractivity contribution < 1.29 is 24.2 Å². The first-order chi connectivity index (χ1) is 15.0. The fraction of sp³-hybridized carbons (Fsp3) is 0.560. The third-order valence-electron chi connectivity index (χ3n) is 4.62. The third kappa shape index (κ3) is 14.4. The Hall–Kier alpha value is -2.67. The van der Waals surface area contributed by atoms with Crippen LogP contribution in [0.3, 0.4) is 0 Å². The Kier molecular flexibility index (Phi) is 14.7. The van der Waals surface area contributed by atoms with Gasteiger partial charge in [-0.15, -0.1) is 0 Å². The van der Waals surface area contributed by atoms with Gasteiger partial charge < -0.3 is 20.1 Å². The van der Waals surface area contributed by atoms with Crippen molar-refractivity contribution in [1.29, 1.82) is 0 Å². The van der Waals surface area contributed by atoms with Crippen molar-refractivity contribution in [2.75, 3.05) is 26.7 Å². The average molecular weight is 449 g/mol. The van der Waals surface area contributed by atoms with Crippen LogP contribution in [0.1, 0.15) is 70.7 Å². The molecule has 1 aromatic rings. The first-order valence-corrected chi connectivity index (χ1v) is 11.0. The van der Waals surface area contributed by atoms with Crippen molar-refractivity contribution >= 4 is 18.3 Å². The Morgan fingerprint density at radius 2 is 1.72 bits per heavy atom. The van der Waals surface area contributed by atoms with Crippen LogP contribution in [-0.2, 0) is 9.53 Å². The Balaban J connectivity index is 0.000000602.